The third-order valence-electron chi connectivity index (χ3n) is 8.28. The quantitative estimate of drug-likeness (QED) is 0.144. The van der Waals surface area contributed by atoms with Gasteiger partial charge in [0.25, 0.3) is 0 Å². The van der Waals surface area contributed by atoms with Gasteiger partial charge in [-0.05, 0) is 91.0 Å². The first-order chi connectivity index (χ1) is 22.5. The van der Waals surface area contributed by atoms with Gasteiger partial charge in [0.2, 0.25) is 0 Å². The molecule has 0 bridgehead atoms. The molecule has 0 heterocycles. The molecule has 4 heteroatoms. The first kappa shape index (κ1) is 28.5. The summed E-state index contributed by atoms with van der Waals surface area (Å²) in [5, 5.41) is 42.4. The highest BCUT2D eigenvalue weighted by atomic mass is 16.3. The molecule has 0 radical (unpaired) electrons. The van der Waals surface area contributed by atoms with Crippen LogP contribution in [0.4, 0.5) is 0 Å². The highest BCUT2D eigenvalue weighted by Gasteiger charge is 2.29. The Labute approximate surface area is 267 Å². The van der Waals surface area contributed by atoms with E-state index < -0.39 is 0 Å². The van der Waals surface area contributed by atoms with Crippen LogP contribution in [0.25, 0.3) is 66.8 Å². The largest absolute Gasteiger partial charge is 0.504 e. The van der Waals surface area contributed by atoms with E-state index in [1.807, 2.05) is 72.8 Å². The summed E-state index contributed by atoms with van der Waals surface area (Å²) in [6.45, 7) is 0. The van der Waals surface area contributed by atoms with Crippen LogP contribution in [-0.2, 0) is 0 Å². The van der Waals surface area contributed by atoms with E-state index in [0.29, 0.717) is 11.1 Å². The minimum atomic E-state index is -0.245. The maximum atomic E-state index is 10.8. The monoisotopic (exact) mass is 598 g/mol. The molecule has 7 rings (SSSR count). The van der Waals surface area contributed by atoms with Gasteiger partial charge in [0.15, 0.2) is 23.0 Å². The second-order valence-corrected chi connectivity index (χ2v) is 11.1. The van der Waals surface area contributed by atoms with Gasteiger partial charge in [0.05, 0.1) is 0 Å². The molecule has 0 aliphatic carbocycles. The number of aromatic hydroxyl groups is 4. The third-order valence-corrected chi connectivity index (χ3v) is 8.28. The maximum Gasteiger partial charge on any atom is 0.158 e. The van der Waals surface area contributed by atoms with Gasteiger partial charge in [-0.3, -0.25) is 0 Å². The van der Waals surface area contributed by atoms with E-state index in [-0.39, 0.29) is 23.0 Å². The minimum absolute atomic E-state index is 0.221. The second-order valence-electron chi connectivity index (χ2n) is 11.1. The molecule has 0 amide bonds. The lowest BCUT2D eigenvalue weighted by molar-refractivity contribution is 0.404. The SMILES string of the molecule is Oc1ccc(-c2c(-c3ccccc3)c(-c3ccccc3)c(-c3ccccc3)c(-c3ccccc3)c2-c2ccc(O)c(O)c2)cc1O. The normalized spacial score (nSPS) is 11.0. The summed E-state index contributed by atoms with van der Waals surface area (Å²) in [4.78, 5) is 0. The van der Waals surface area contributed by atoms with E-state index in [1.54, 1.807) is 24.3 Å². The molecule has 0 aliphatic heterocycles. The van der Waals surface area contributed by atoms with Crippen LogP contribution in [0.1, 0.15) is 0 Å². The van der Waals surface area contributed by atoms with Crippen molar-refractivity contribution in [1.82, 2.24) is 0 Å². The van der Waals surface area contributed by atoms with Gasteiger partial charge in [-0.2, -0.15) is 0 Å². The van der Waals surface area contributed by atoms with Gasteiger partial charge < -0.3 is 20.4 Å². The van der Waals surface area contributed by atoms with Gasteiger partial charge >= 0.3 is 0 Å². The summed E-state index contributed by atoms with van der Waals surface area (Å²) in [6, 6.07) is 50.5. The highest BCUT2D eigenvalue weighted by Crippen LogP contribution is 2.56. The van der Waals surface area contributed by atoms with E-state index in [0.717, 1.165) is 55.6 Å². The van der Waals surface area contributed by atoms with Crippen molar-refractivity contribution in [3.05, 3.63) is 158 Å². The molecule has 0 aliphatic rings. The fourth-order valence-corrected chi connectivity index (χ4v) is 6.26. The highest BCUT2D eigenvalue weighted by molar-refractivity contribution is 6.15. The minimum Gasteiger partial charge on any atom is -0.504 e. The van der Waals surface area contributed by atoms with Gasteiger partial charge in [0.1, 0.15) is 0 Å². The van der Waals surface area contributed by atoms with Gasteiger partial charge in [0, 0.05) is 0 Å². The molecular formula is C42H30O4. The van der Waals surface area contributed by atoms with Crippen molar-refractivity contribution in [2.45, 2.75) is 0 Å². The Kier molecular flexibility index (Phi) is 7.45. The molecule has 4 N–H and O–H groups in total. The number of phenolic OH excluding ortho intramolecular Hbond substituents is 4. The number of phenols is 4. The predicted octanol–water partition coefficient (Wildman–Crippen LogP) is 10.5. The summed E-state index contributed by atoms with van der Waals surface area (Å²) >= 11 is 0. The Morgan fingerprint density at radius 3 is 0.696 bits per heavy atom. The van der Waals surface area contributed by atoms with E-state index in [2.05, 4.69) is 48.5 Å². The van der Waals surface area contributed by atoms with E-state index in [9.17, 15) is 20.4 Å². The van der Waals surface area contributed by atoms with Crippen LogP contribution in [0.15, 0.2) is 158 Å². The standard InChI is InChI=1S/C42H30O4/c43-33-23-21-31(25-35(33)45)41-39(29-17-9-3-10-18-29)37(27-13-5-1-6-14-27)38(28-15-7-2-8-16-28)40(30-19-11-4-12-20-30)42(41)32-22-24-34(44)36(46)26-32/h1-26,43-46H. The van der Waals surface area contributed by atoms with Crippen LogP contribution in [0.5, 0.6) is 23.0 Å². The summed E-state index contributed by atoms with van der Waals surface area (Å²) in [5.41, 5.74) is 10.6. The van der Waals surface area contributed by atoms with Crippen molar-refractivity contribution in [2.24, 2.45) is 0 Å². The fraction of sp³-hybridized carbons (Fsp3) is 0. The number of hydrogen-bond donors (Lipinski definition) is 4. The Balaban J connectivity index is 1.83. The first-order valence-corrected chi connectivity index (χ1v) is 15.0. The Morgan fingerprint density at radius 2 is 0.457 bits per heavy atom. The van der Waals surface area contributed by atoms with Crippen molar-refractivity contribution in [3.8, 4) is 89.8 Å². The molecule has 222 valence electrons. The molecule has 4 nitrogen and oxygen atoms in total. The zero-order chi connectivity index (χ0) is 31.6. The zero-order valence-electron chi connectivity index (χ0n) is 24.8. The smallest absolute Gasteiger partial charge is 0.158 e. The molecule has 0 fully saturated rings. The first-order valence-electron chi connectivity index (χ1n) is 15.0. The Morgan fingerprint density at radius 1 is 0.217 bits per heavy atom. The second kappa shape index (κ2) is 12.0. The van der Waals surface area contributed by atoms with Crippen LogP contribution >= 0.6 is 0 Å². The lowest BCUT2D eigenvalue weighted by atomic mass is 9.74. The number of rotatable bonds is 6. The van der Waals surface area contributed by atoms with Crippen LogP contribution in [0, 0.1) is 0 Å². The van der Waals surface area contributed by atoms with Gasteiger partial charge in [-0.25, -0.2) is 0 Å². The van der Waals surface area contributed by atoms with Crippen LogP contribution in [0.2, 0.25) is 0 Å². The molecule has 7 aromatic rings. The fourth-order valence-electron chi connectivity index (χ4n) is 6.26. The molecule has 0 unspecified atom stereocenters. The lowest BCUT2D eigenvalue weighted by Gasteiger charge is -2.29. The van der Waals surface area contributed by atoms with Crippen molar-refractivity contribution in [2.75, 3.05) is 0 Å². The lowest BCUT2D eigenvalue weighted by Crippen LogP contribution is -2.02. The summed E-state index contributed by atoms with van der Waals surface area (Å²) in [7, 11) is 0. The van der Waals surface area contributed by atoms with E-state index in [4.69, 9.17) is 0 Å². The summed E-state index contributed by atoms with van der Waals surface area (Å²) < 4.78 is 0. The molecule has 0 saturated carbocycles. The summed E-state index contributed by atoms with van der Waals surface area (Å²) in [5.74, 6) is -0.932. The Bertz CT molecular complexity index is 2000. The average molecular weight is 599 g/mol. The van der Waals surface area contributed by atoms with E-state index >= 15 is 0 Å². The molecule has 0 atom stereocenters. The third kappa shape index (κ3) is 5.12. The van der Waals surface area contributed by atoms with Crippen LogP contribution in [0.3, 0.4) is 0 Å². The molecule has 46 heavy (non-hydrogen) atoms. The predicted molar refractivity (Wildman–Crippen MR) is 186 cm³/mol. The Hall–Kier alpha value is -6.26. The molecule has 0 aromatic heterocycles. The maximum absolute atomic E-state index is 10.8. The van der Waals surface area contributed by atoms with Crippen molar-refractivity contribution < 1.29 is 20.4 Å². The molecule has 0 spiro atoms. The summed E-state index contributed by atoms with van der Waals surface area (Å²) in [6.07, 6.45) is 0. The molecular weight excluding hydrogens is 568 g/mol. The van der Waals surface area contributed by atoms with Crippen LogP contribution in [-0.4, -0.2) is 20.4 Å². The average Bonchev–Trinajstić information content (AvgIpc) is 3.11. The van der Waals surface area contributed by atoms with Crippen LogP contribution < -0.4 is 0 Å². The number of hydrogen-bond acceptors (Lipinski definition) is 4. The van der Waals surface area contributed by atoms with Crippen molar-refractivity contribution in [3.63, 3.8) is 0 Å². The van der Waals surface area contributed by atoms with E-state index in [1.165, 1.54) is 12.1 Å². The van der Waals surface area contributed by atoms with Gasteiger partial charge in [-0.15, -0.1) is 0 Å². The molecule has 0 saturated heterocycles. The van der Waals surface area contributed by atoms with Crippen molar-refractivity contribution in [1.29, 1.82) is 0 Å². The van der Waals surface area contributed by atoms with Gasteiger partial charge in [-0.1, -0.05) is 133 Å². The molecule has 7 aromatic carbocycles. The number of benzene rings is 7. The topological polar surface area (TPSA) is 80.9 Å². The van der Waals surface area contributed by atoms with Crippen molar-refractivity contribution >= 4 is 0 Å². The zero-order valence-corrected chi connectivity index (χ0v) is 24.8.